The first-order chi connectivity index (χ1) is 11.9. The molecule has 122 valence electrons. The van der Waals surface area contributed by atoms with Crippen LogP contribution in [0.5, 0.6) is 0 Å². The minimum absolute atomic E-state index is 0.682. The molecule has 3 fully saturated rings. The number of fused-ring (bicyclic) bond motifs is 6. The predicted octanol–water partition coefficient (Wildman–Crippen LogP) is 3.48. The Balaban J connectivity index is 1.36. The molecule has 0 saturated heterocycles. The molecule has 0 spiro atoms. The van der Waals surface area contributed by atoms with E-state index in [1.807, 2.05) is 24.5 Å². The van der Waals surface area contributed by atoms with E-state index in [-0.39, 0.29) is 0 Å². The zero-order valence-electron chi connectivity index (χ0n) is 13.8. The van der Waals surface area contributed by atoms with Gasteiger partial charge >= 0.3 is 0 Å². The van der Waals surface area contributed by atoms with Crippen molar-refractivity contribution in [1.29, 1.82) is 0 Å². The Bertz CT molecular complexity index is 787. The fourth-order valence-electron chi connectivity index (χ4n) is 5.86. The van der Waals surface area contributed by atoms with Crippen LogP contribution in [-0.4, -0.2) is 21.0 Å². The molecule has 0 aliphatic heterocycles. The zero-order valence-corrected chi connectivity index (χ0v) is 13.8. The van der Waals surface area contributed by atoms with Crippen molar-refractivity contribution in [2.45, 2.75) is 44.6 Å². The Morgan fingerprint density at radius 3 is 2.54 bits per heavy atom. The van der Waals surface area contributed by atoms with Crippen molar-refractivity contribution < 1.29 is 0 Å². The molecule has 0 aromatic carbocycles. The number of hydrogen-bond acceptors (Lipinski definition) is 4. The lowest BCUT2D eigenvalue weighted by atomic mass is 10.0. The average molecular weight is 318 g/mol. The van der Waals surface area contributed by atoms with Gasteiger partial charge in [0.25, 0.3) is 0 Å². The van der Waals surface area contributed by atoms with Gasteiger partial charge in [0, 0.05) is 35.3 Å². The molecule has 24 heavy (non-hydrogen) atoms. The summed E-state index contributed by atoms with van der Waals surface area (Å²) in [7, 11) is 0. The second-order valence-corrected chi connectivity index (χ2v) is 8.07. The largest absolute Gasteiger partial charge is 0.366 e. The van der Waals surface area contributed by atoms with Crippen LogP contribution in [0.1, 0.15) is 36.9 Å². The fourth-order valence-corrected chi connectivity index (χ4v) is 5.86. The van der Waals surface area contributed by atoms with E-state index in [0.717, 1.165) is 53.7 Å². The third kappa shape index (κ3) is 1.83. The van der Waals surface area contributed by atoms with Crippen LogP contribution >= 0.6 is 0 Å². The number of hydrogen-bond donors (Lipinski definition) is 1. The maximum Gasteiger partial charge on any atom is 0.161 e. The molecule has 4 heteroatoms. The Morgan fingerprint density at radius 1 is 0.958 bits per heavy atom. The molecule has 4 atom stereocenters. The molecular formula is C20H22N4. The van der Waals surface area contributed by atoms with Crippen molar-refractivity contribution in [2.75, 3.05) is 5.32 Å². The van der Waals surface area contributed by atoms with Crippen LogP contribution in [0.2, 0.25) is 0 Å². The van der Waals surface area contributed by atoms with E-state index < -0.39 is 0 Å². The summed E-state index contributed by atoms with van der Waals surface area (Å²) in [4.78, 5) is 13.9. The molecular weight excluding hydrogens is 296 g/mol. The van der Waals surface area contributed by atoms with Gasteiger partial charge in [0.2, 0.25) is 0 Å². The average Bonchev–Trinajstić information content (AvgIpc) is 3.05. The van der Waals surface area contributed by atoms with Crippen LogP contribution in [0.25, 0.3) is 11.4 Å². The molecule has 3 saturated carbocycles. The van der Waals surface area contributed by atoms with Crippen LogP contribution in [0.4, 0.5) is 5.82 Å². The summed E-state index contributed by atoms with van der Waals surface area (Å²) in [5.74, 6) is 5.83. The molecule has 2 bridgehead atoms. The van der Waals surface area contributed by atoms with Crippen LogP contribution in [-0.2, 0) is 12.8 Å². The molecule has 4 aliphatic carbocycles. The van der Waals surface area contributed by atoms with E-state index in [1.54, 1.807) is 0 Å². The summed E-state index contributed by atoms with van der Waals surface area (Å²) in [5, 5.41) is 3.86. The highest BCUT2D eigenvalue weighted by Gasteiger charge is 2.65. The maximum absolute atomic E-state index is 4.94. The second-order valence-electron chi connectivity index (χ2n) is 8.07. The lowest BCUT2D eigenvalue weighted by Gasteiger charge is -2.15. The fraction of sp³-hybridized carbons (Fsp3) is 0.550. The lowest BCUT2D eigenvalue weighted by molar-refractivity contribution is 0.456. The van der Waals surface area contributed by atoms with Gasteiger partial charge in [0.15, 0.2) is 5.82 Å². The van der Waals surface area contributed by atoms with Crippen LogP contribution in [0.15, 0.2) is 24.5 Å². The number of aryl methyl sites for hydroxylation is 1. The summed E-state index contributed by atoms with van der Waals surface area (Å²) < 4.78 is 0. The molecule has 4 aliphatic rings. The molecule has 1 N–H and O–H groups in total. The van der Waals surface area contributed by atoms with Gasteiger partial charge in [-0.25, -0.2) is 9.97 Å². The molecule has 0 amide bonds. The Kier molecular flexibility index (Phi) is 2.65. The normalized spacial score (nSPS) is 34.9. The standard InChI is InChI=1S/C20H22N4/c1-2-14-15(3-1)22-19(11-6-8-21-9-7-11)24-20(14)23-18-16-12-4-5-13(10-12)17(16)18/h6-9,12-13,16-18H,1-5,10H2,(H,22,23,24). The Labute approximate surface area is 142 Å². The second kappa shape index (κ2) is 4.78. The van der Waals surface area contributed by atoms with Crippen LogP contribution in [0, 0.1) is 23.7 Å². The number of anilines is 1. The molecule has 2 aromatic heterocycles. The maximum atomic E-state index is 4.94. The van der Waals surface area contributed by atoms with Gasteiger partial charge in [0.05, 0.1) is 0 Å². The number of rotatable bonds is 3. The number of pyridine rings is 1. The summed E-state index contributed by atoms with van der Waals surface area (Å²) in [5.41, 5.74) is 3.71. The van der Waals surface area contributed by atoms with Crippen molar-refractivity contribution in [2.24, 2.45) is 23.7 Å². The molecule has 4 nitrogen and oxygen atoms in total. The lowest BCUT2D eigenvalue weighted by Crippen LogP contribution is -2.16. The zero-order chi connectivity index (χ0) is 15.7. The third-order valence-electron chi connectivity index (χ3n) is 6.91. The minimum Gasteiger partial charge on any atom is -0.366 e. The smallest absolute Gasteiger partial charge is 0.161 e. The van der Waals surface area contributed by atoms with Gasteiger partial charge < -0.3 is 5.32 Å². The molecule has 2 heterocycles. The number of nitrogens with one attached hydrogen (secondary N) is 1. The van der Waals surface area contributed by atoms with Gasteiger partial charge in [-0.15, -0.1) is 0 Å². The molecule has 4 unspecified atom stereocenters. The van der Waals surface area contributed by atoms with E-state index in [4.69, 9.17) is 9.97 Å². The summed E-state index contributed by atoms with van der Waals surface area (Å²) in [6.45, 7) is 0. The predicted molar refractivity (Wildman–Crippen MR) is 92.5 cm³/mol. The molecule has 2 aromatic rings. The SMILES string of the molecule is c1cc(-c2nc3c(c(NC4C5C6CCC(C6)C45)n2)CCC3)ccn1. The highest BCUT2D eigenvalue weighted by molar-refractivity contribution is 5.61. The van der Waals surface area contributed by atoms with E-state index in [2.05, 4.69) is 10.3 Å². The van der Waals surface area contributed by atoms with Gasteiger partial charge in [0.1, 0.15) is 5.82 Å². The van der Waals surface area contributed by atoms with Crippen LogP contribution in [0.3, 0.4) is 0 Å². The van der Waals surface area contributed by atoms with Gasteiger partial charge in [-0.2, -0.15) is 0 Å². The monoisotopic (exact) mass is 318 g/mol. The first-order valence-electron chi connectivity index (χ1n) is 9.45. The Hall–Kier alpha value is -1.97. The van der Waals surface area contributed by atoms with Crippen LogP contribution < -0.4 is 5.32 Å². The third-order valence-corrected chi connectivity index (χ3v) is 6.91. The molecule has 0 radical (unpaired) electrons. The quantitative estimate of drug-likeness (QED) is 0.941. The van der Waals surface area contributed by atoms with Crippen molar-refractivity contribution in [1.82, 2.24) is 15.0 Å². The van der Waals surface area contributed by atoms with Crippen molar-refractivity contribution in [3.8, 4) is 11.4 Å². The number of nitrogens with zero attached hydrogens (tertiary/aromatic N) is 3. The number of aromatic nitrogens is 3. The highest BCUT2D eigenvalue weighted by atomic mass is 15.1. The Morgan fingerprint density at radius 2 is 1.75 bits per heavy atom. The first kappa shape index (κ1) is 13.3. The van der Waals surface area contributed by atoms with Gasteiger partial charge in [-0.3, -0.25) is 4.98 Å². The van der Waals surface area contributed by atoms with Crippen molar-refractivity contribution in [3.63, 3.8) is 0 Å². The van der Waals surface area contributed by atoms with Gasteiger partial charge in [-0.05, 0) is 74.3 Å². The van der Waals surface area contributed by atoms with E-state index in [9.17, 15) is 0 Å². The minimum atomic E-state index is 0.682. The van der Waals surface area contributed by atoms with Crippen molar-refractivity contribution >= 4 is 5.82 Å². The van der Waals surface area contributed by atoms with E-state index in [1.165, 1.54) is 36.9 Å². The summed E-state index contributed by atoms with van der Waals surface area (Å²) >= 11 is 0. The van der Waals surface area contributed by atoms with Gasteiger partial charge in [-0.1, -0.05) is 0 Å². The highest BCUT2D eigenvalue weighted by Crippen LogP contribution is 2.66. The first-order valence-corrected chi connectivity index (χ1v) is 9.45. The summed E-state index contributed by atoms with van der Waals surface area (Å²) in [6, 6.07) is 4.69. The summed E-state index contributed by atoms with van der Waals surface area (Å²) in [6.07, 6.45) is 11.5. The molecule has 6 rings (SSSR count). The topological polar surface area (TPSA) is 50.7 Å². The van der Waals surface area contributed by atoms with E-state index in [0.29, 0.717) is 6.04 Å². The van der Waals surface area contributed by atoms with E-state index >= 15 is 0 Å². The van der Waals surface area contributed by atoms with Crippen molar-refractivity contribution in [3.05, 3.63) is 35.8 Å².